The van der Waals surface area contributed by atoms with E-state index in [1.807, 2.05) is 0 Å². The molecule has 6 nitrogen and oxygen atoms in total. The molecule has 1 heterocycles. The van der Waals surface area contributed by atoms with E-state index >= 15 is 0 Å². The minimum absolute atomic E-state index is 0.146. The molecular formula is C7H13N3O3. The molecule has 1 atom stereocenters. The van der Waals surface area contributed by atoms with Gasteiger partial charge in [0.1, 0.15) is 6.10 Å². The van der Waals surface area contributed by atoms with Crippen LogP contribution in [0.5, 0.6) is 0 Å². The van der Waals surface area contributed by atoms with Crippen LogP contribution in [-0.4, -0.2) is 49.1 Å². The molecule has 1 fully saturated rings. The third-order valence-electron chi connectivity index (χ3n) is 1.85. The van der Waals surface area contributed by atoms with Gasteiger partial charge in [0.15, 0.2) is 0 Å². The highest BCUT2D eigenvalue weighted by Crippen LogP contribution is 2.03. The average Bonchev–Trinajstić information content (AvgIpc) is 2.03. The zero-order chi connectivity index (χ0) is 9.84. The van der Waals surface area contributed by atoms with Gasteiger partial charge >= 0.3 is 0 Å². The minimum atomic E-state index is -0.618. The van der Waals surface area contributed by atoms with Crippen molar-refractivity contribution in [2.45, 2.75) is 6.10 Å². The summed E-state index contributed by atoms with van der Waals surface area (Å²) in [6, 6.07) is 0. The van der Waals surface area contributed by atoms with E-state index in [0.717, 1.165) is 0 Å². The number of hydrogen-bond donors (Lipinski definition) is 2. The minimum Gasteiger partial charge on any atom is -0.369 e. The summed E-state index contributed by atoms with van der Waals surface area (Å²) >= 11 is 0. The Balaban J connectivity index is 2.41. The van der Waals surface area contributed by atoms with Crippen LogP contribution in [0.15, 0.2) is 0 Å². The maximum atomic E-state index is 10.7. The standard InChI is InChI=1S/C7H13N3O3/c8-6(11)4-10-1-2-13-5(3-10)7(9)12/h5H,1-4H2,(H2,8,11)(H2,9,12). The smallest absolute Gasteiger partial charge is 0.247 e. The molecule has 1 saturated heterocycles. The largest absolute Gasteiger partial charge is 0.369 e. The fourth-order valence-electron chi connectivity index (χ4n) is 1.24. The number of ether oxygens (including phenoxy) is 1. The summed E-state index contributed by atoms with van der Waals surface area (Å²) in [7, 11) is 0. The van der Waals surface area contributed by atoms with Crippen LogP contribution in [0.3, 0.4) is 0 Å². The lowest BCUT2D eigenvalue weighted by atomic mass is 10.2. The van der Waals surface area contributed by atoms with E-state index in [2.05, 4.69) is 0 Å². The zero-order valence-corrected chi connectivity index (χ0v) is 7.23. The van der Waals surface area contributed by atoms with Gasteiger partial charge in [0.05, 0.1) is 13.2 Å². The molecule has 6 heteroatoms. The van der Waals surface area contributed by atoms with Gasteiger partial charge < -0.3 is 16.2 Å². The lowest BCUT2D eigenvalue weighted by molar-refractivity contribution is -0.137. The lowest BCUT2D eigenvalue weighted by Crippen LogP contribution is -2.50. The van der Waals surface area contributed by atoms with E-state index in [0.29, 0.717) is 19.7 Å². The van der Waals surface area contributed by atoms with Crippen LogP contribution in [0.25, 0.3) is 0 Å². The van der Waals surface area contributed by atoms with Crippen molar-refractivity contribution < 1.29 is 14.3 Å². The fraction of sp³-hybridized carbons (Fsp3) is 0.714. The quantitative estimate of drug-likeness (QED) is 0.517. The Labute approximate surface area is 75.8 Å². The Kier molecular flexibility index (Phi) is 3.21. The van der Waals surface area contributed by atoms with Gasteiger partial charge in [0.2, 0.25) is 11.8 Å². The first-order valence-corrected chi connectivity index (χ1v) is 4.01. The number of nitrogens with zero attached hydrogens (tertiary/aromatic N) is 1. The Bertz CT molecular complexity index is 219. The molecular weight excluding hydrogens is 174 g/mol. The van der Waals surface area contributed by atoms with Crippen LogP contribution in [0.4, 0.5) is 0 Å². The van der Waals surface area contributed by atoms with Crippen LogP contribution in [0, 0.1) is 0 Å². The van der Waals surface area contributed by atoms with Crippen molar-refractivity contribution in [3.05, 3.63) is 0 Å². The molecule has 0 spiro atoms. The van der Waals surface area contributed by atoms with Gasteiger partial charge in [-0.3, -0.25) is 14.5 Å². The molecule has 1 rings (SSSR count). The van der Waals surface area contributed by atoms with Crippen molar-refractivity contribution in [3.8, 4) is 0 Å². The second-order valence-corrected chi connectivity index (χ2v) is 2.96. The molecule has 13 heavy (non-hydrogen) atoms. The number of nitrogens with two attached hydrogens (primary N) is 2. The van der Waals surface area contributed by atoms with Crippen molar-refractivity contribution >= 4 is 11.8 Å². The molecule has 0 aromatic heterocycles. The SMILES string of the molecule is NC(=O)CN1CCOC(C(N)=O)C1. The van der Waals surface area contributed by atoms with E-state index in [-0.39, 0.29) is 6.54 Å². The summed E-state index contributed by atoms with van der Waals surface area (Å²) in [5, 5.41) is 0. The van der Waals surface area contributed by atoms with E-state index in [4.69, 9.17) is 16.2 Å². The third-order valence-corrected chi connectivity index (χ3v) is 1.85. The highest BCUT2D eigenvalue weighted by Gasteiger charge is 2.25. The first-order chi connectivity index (χ1) is 6.09. The van der Waals surface area contributed by atoms with Crippen molar-refractivity contribution in [3.63, 3.8) is 0 Å². The van der Waals surface area contributed by atoms with Gasteiger partial charge in [-0.15, -0.1) is 0 Å². The van der Waals surface area contributed by atoms with Gasteiger partial charge in [-0.1, -0.05) is 0 Å². The highest BCUT2D eigenvalue weighted by atomic mass is 16.5. The maximum absolute atomic E-state index is 10.7. The summed E-state index contributed by atoms with van der Waals surface area (Å²) in [5.74, 6) is -0.917. The molecule has 1 unspecified atom stereocenters. The summed E-state index contributed by atoms with van der Waals surface area (Å²) in [5.41, 5.74) is 10.1. The van der Waals surface area contributed by atoms with Crippen LogP contribution in [0.1, 0.15) is 0 Å². The van der Waals surface area contributed by atoms with Crippen LogP contribution in [-0.2, 0) is 14.3 Å². The summed E-state index contributed by atoms with van der Waals surface area (Å²) in [6.45, 7) is 1.50. The highest BCUT2D eigenvalue weighted by molar-refractivity contribution is 5.79. The first-order valence-electron chi connectivity index (χ1n) is 4.01. The average molecular weight is 187 g/mol. The number of amides is 2. The number of carbonyl (C=O) groups excluding carboxylic acids is 2. The summed E-state index contributed by atoms with van der Waals surface area (Å²) in [4.78, 5) is 23.1. The monoisotopic (exact) mass is 187 g/mol. The van der Waals surface area contributed by atoms with Crippen LogP contribution in [0.2, 0.25) is 0 Å². The summed E-state index contributed by atoms with van der Waals surface area (Å²) in [6.07, 6.45) is -0.618. The van der Waals surface area contributed by atoms with E-state index in [9.17, 15) is 9.59 Å². The van der Waals surface area contributed by atoms with Crippen molar-refractivity contribution in [2.24, 2.45) is 11.5 Å². The molecule has 0 aliphatic carbocycles. The lowest BCUT2D eigenvalue weighted by Gasteiger charge is -2.30. The Morgan fingerprint density at radius 2 is 2.15 bits per heavy atom. The Hall–Kier alpha value is -1.14. The second-order valence-electron chi connectivity index (χ2n) is 2.96. The Morgan fingerprint density at radius 1 is 1.46 bits per heavy atom. The Morgan fingerprint density at radius 3 is 2.69 bits per heavy atom. The van der Waals surface area contributed by atoms with E-state index < -0.39 is 17.9 Å². The van der Waals surface area contributed by atoms with E-state index in [1.165, 1.54) is 0 Å². The molecule has 0 aromatic rings. The molecule has 2 amide bonds. The topological polar surface area (TPSA) is 98.7 Å². The molecule has 0 saturated carbocycles. The van der Waals surface area contributed by atoms with Gasteiger partial charge in [-0.2, -0.15) is 0 Å². The van der Waals surface area contributed by atoms with Gasteiger partial charge in [-0.05, 0) is 0 Å². The van der Waals surface area contributed by atoms with Crippen molar-refractivity contribution in [1.82, 2.24) is 4.90 Å². The predicted molar refractivity (Wildman–Crippen MR) is 44.6 cm³/mol. The molecule has 0 bridgehead atoms. The normalized spacial score (nSPS) is 24.2. The molecule has 1 aliphatic rings. The molecule has 4 N–H and O–H groups in total. The van der Waals surface area contributed by atoms with Gasteiger partial charge in [-0.25, -0.2) is 0 Å². The van der Waals surface area contributed by atoms with E-state index in [1.54, 1.807) is 4.90 Å². The molecule has 0 aromatic carbocycles. The number of hydrogen-bond acceptors (Lipinski definition) is 4. The number of rotatable bonds is 3. The second kappa shape index (κ2) is 4.20. The first kappa shape index (κ1) is 9.94. The van der Waals surface area contributed by atoms with Gasteiger partial charge in [0, 0.05) is 13.1 Å². The summed E-state index contributed by atoms with van der Waals surface area (Å²) < 4.78 is 5.08. The fourth-order valence-corrected chi connectivity index (χ4v) is 1.24. The molecule has 0 radical (unpaired) electrons. The molecule has 74 valence electrons. The number of carbonyl (C=O) groups is 2. The number of morpholine rings is 1. The zero-order valence-electron chi connectivity index (χ0n) is 7.23. The number of primary amides is 2. The predicted octanol–water partition coefficient (Wildman–Crippen LogP) is -2.34. The van der Waals surface area contributed by atoms with Crippen molar-refractivity contribution in [1.29, 1.82) is 0 Å². The van der Waals surface area contributed by atoms with Crippen LogP contribution < -0.4 is 11.5 Å². The maximum Gasteiger partial charge on any atom is 0.247 e. The molecule has 1 aliphatic heterocycles. The van der Waals surface area contributed by atoms with Gasteiger partial charge in [0.25, 0.3) is 0 Å². The van der Waals surface area contributed by atoms with Crippen LogP contribution >= 0.6 is 0 Å². The van der Waals surface area contributed by atoms with Crippen molar-refractivity contribution in [2.75, 3.05) is 26.2 Å². The third kappa shape index (κ3) is 3.00.